The van der Waals surface area contributed by atoms with Crippen LogP contribution in [0.25, 0.3) is 11.2 Å². The van der Waals surface area contributed by atoms with Crippen LogP contribution < -0.4 is 16.1 Å². The van der Waals surface area contributed by atoms with Crippen LogP contribution in [0, 0.1) is 10.1 Å². The quantitative estimate of drug-likeness (QED) is 0.381. The number of fused-ring (bicyclic) bond motifs is 1. The molecule has 0 spiro atoms. The zero-order valence-corrected chi connectivity index (χ0v) is 20.0. The van der Waals surface area contributed by atoms with E-state index in [0.29, 0.717) is 67.7 Å². The fourth-order valence-electron chi connectivity index (χ4n) is 4.46. The van der Waals surface area contributed by atoms with Crippen molar-refractivity contribution in [3.8, 4) is 0 Å². The number of hydrogen-bond acceptors (Lipinski definition) is 7. The maximum absolute atomic E-state index is 12.6. The first-order valence-electron chi connectivity index (χ1n) is 11.5. The van der Waals surface area contributed by atoms with Crippen LogP contribution in [0.5, 0.6) is 0 Å². The molecule has 0 radical (unpaired) electrons. The Morgan fingerprint density at radius 2 is 1.88 bits per heavy atom. The van der Waals surface area contributed by atoms with Gasteiger partial charge < -0.3 is 9.47 Å². The number of benzene rings is 1. The second-order valence-corrected chi connectivity index (χ2v) is 8.80. The Labute approximate surface area is 200 Å². The topological polar surface area (TPSA) is 122 Å². The SMILES string of the molecule is CCCCn1c(=O)[nH]c(=O)c2c1nc(CN1CCN(c3ccc(Cl)cc3[N+](=O)[O-])CC1)n2CC. The molecule has 11 nitrogen and oxygen atoms in total. The van der Waals surface area contributed by atoms with Crippen molar-refractivity contribution in [2.24, 2.45) is 0 Å². The van der Waals surface area contributed by atoms with Crippen molar-refractivity contribution in [2.75, 3.05) is 31.1 Å². The van der Waals surface area contributed by atoms with Crippen molar-refractivity contribution in [1.29, 1.82) is 0 Å². The summed E-state index contributed by atoms with van der Waals surface area (Å²) < 4.78 is 3.42. The molecule has 1 fully saturated rings. The minimum atomic E-state index is -0.434. The Morgan fingerprint density at radius 1 is 1.15 bits per heavy atom. The summed E-state index contributed by atoms with van der Waals surface area (Å²) >= 11 is 5.95. The molecule has 3 aromatic rings. The van der Waals surface area contributed by atoms with Crippen LogP contribution in [-0.4, -0.2) is 55.1 Å². The fourth-order valence-corrected chi connectivity index (χ4v) is 4.63. The molecule has 0 saturated carbocycles. The van der Waals surface area contributed by atoms with Gasteiger partial charge >= 0.3 is 5.69 Å². The molecule has 1 N–H and O–H groups in total. The van der Waals surface area contributed by atoms with Gasteiger partial charge in [0.15, 0.2) is 11.2 Å². The number of piperazine rings is 1. The Morgan fingerprint density at radius 3 is 2.53 bits per heavy atom. The van der Waals surface area contributed by atoms with Crippen molar-refractivity contribution >= 4 is 34.1 Å². The summed E-state index contributed by atoms with van der Waals surface area (Å²) in [5, 5.41) is 11.8. The molecule has 2 aromatic heterocycles. The third kappa shape index (κ3) is 4.58. The molecule has 3 heterocycles. The first-order valence-corrected chi connectivity index (χ1v) is 11.8. The van der Waals surface area contributed by atoms with Crippen LogP contribution in [0.4, 0.5) is 11.4 Å². The molecule has 1 aliphatic rings. The average molecular weight is 490 g/mol. The fraction of sp³-hybridized carbons (Fsp3) is 0.500. The number of nitrogens with zero attached hydrogens (tertiary/aromatic N) is 6. The van der Waals surface area contributed by atoms with E-state index >= 15 is 0 Å². The number of anilines is 1. The van der Waals surface area contributed by atoms with E-state index in [0.717, 1.165) is 18.7 Å². The highest BCUT2D eigenvalue weighted by Gasteiger charge is 2.26. The van der Waals surface area contributed by atoms with Gasteiger partial charge in [-0.2, -0.15) is 0 Å². The van der Waals surface area contributed by atoms with Gasteiger partial charge in [-0.25, -0.2) is 9.78 Å². The number of imidazole rings is 1. The van der Waals surface area contributed by atoms with E-state index < -0.39 is 16.2 Å². The molecule has 0 aliphatic carbocycles. The normalized spacial score (nSPS) is 14.7. The summed E-state index contributed by atoms with van der Waals surface area (Å²) in [6.45, 7) is 8.12. The predicted molar refractivity (Wildman–Crippen MR) is 131 cm³/mol. The van der Waals surface area contributed by atoms with Gasteiger partial charge in [0.2, 0.25) is 0 Å². The first kappa shape index (κ1) is 24.0. The van der Waals surface area contributed by atoms with Gasteiger partial charge in [-0.05, 0) is 25.5 Å². The number of aromatic nitrogens is 4. The summed E-state index contributed by atoms with van der Waals surface area (Å²) in [6.07, 6.45) is 1.73. The Bertz CT molecular complexity index is 1320. The molecule has 0 amide bonds. The molecule has 0 atom stereocenters. The minimum Gasteiger partial charge on any atom is -0.363 e. The number of aromatic amines is 1. The van der Waals surface area contributed by atoms with Gasteiger partial charge in [0.05, 0.1) is 11.5 Å². The third-order valence-electron chi connectivity index (χ3n) is 6.23. The molecule has 182 valence electrons. The molecule has 12 heteroatoms. The molecular formula is C22H28ClN7O4. The number of nitrogens with one attached hydrogen (secondary N) is 1. The first-order chi connectivity index (χ1) is 16.3. The van der Waals surface area contributed by atoms with E-state index in [1.165, 1.54) is 6.07 Å². The zero-order valence-electron chi connectivity index (χ0n) is 19.3. The van der Waals surface area contributed by atoms with Crippen LogP contribution in [0.1, 0.15) is 32.5 Å². The van der Waals surface area contributed by atoms with Crippen LogP contribution in [0.15, 0.2) is 27.8 Å². The summed E-state index contributed by atoms with van der Waals surface area (Å²) in [4.78, 5) is 47.4. The Kier molecular flexibility index (Phi) is 7.03. The van der Waals surface area contributed by atoms with Crippen molar-refractivity contribution in [3.63, 3.8) is 0 Å². The van der Waals surface area contributed by atoms with Gasteiger partial charge in [-0.1, -0.05) is 24.9 Å². The highest BCUT2D eigenvalue weighted by Crippen LogP contribution is 2.31. The number of nitro benzene ring substituents is 1. The molecule has 1 aliphatic heterocycles. The molecule has 4 rings (SSSR count). The van der Waals surface area contributed by atoms with Crippen molar-refractivity contribution in [2.45, 2.75) is 46.3 Å². The molecular weight excluding hydrogens is 462 g/mol. The standard InChI is InChI=1S/C22H28ClN7O4/c1-3-5-8-29-20-19(21(31)25-22(29)32)28(4-2)18(24-20)14-26-9-11-27(12-10-26)16-7-6-15(23)13-17(16)30(33)34/h6-7,13H,3-5,8-12,14H2,1-2H3,(H,25,31,32). The van der Waals surface area contributed by atoms with Gasteiger partial charge in [-0.3, -0.25) is 29.4 Å². The smallest absolute Gasteiger partial charge is 0.330 e. The number of halogens is 1. The molecule has 0 unspecified atom stereocenters. The second-order valence-electron chi connectivity index (χ2n) is 8.36. The molecule has 34 heavy (non-hydrogen) atoms. The maximum Gasteiger partial charge on any atom is 0.330 e. The number of aryl methyl sites for hydroxylation is 2. The summed E-state index contributed by atoms with van der Waals surface area (Å²) in [5.74, 6) is 0.727. The number of nitro groups is 1. The lowest BCUT2D eigenvalue weighted by Crippen LogP contribution is -2.46. The molecule has 1 saturated heterocycles. The van der Waals surface area contributed by atoms with Gasteiger partial charge in [0.25, 0.3) is 11.2 Å². The van der Waals surface area contributed by atoms with E-state index in [-0.39, 0.29) is 5.69 Å². The Hall–Kier alpha value is -3.18. The van der Waals surface area contributed by atoms with Gasteiger partial charge in [-0.15, -0.1) is 0 Å². The summed E-state index contributed by atoms with van der Waals surface area (Å²) in [7, 11) is 0. The van der Waals surface area contributed by atoms with Gasteiger partial charge in [0.1, 0.15) is 11.5 Å². The van der Waals surface area contributed by atoms with E-state index in [2.05, 4.69) is 9.88 Å². The summed E-state index contributed by atoms with van der Waals surface area (Å²) in [6, 6.07) is 4.73. The highest BCUT2D eigenvalue weighted by atomic mass is 35.5. The summed E-state index contributed by atoms with van der Waals surface area (Å²) in [5.41, 5.74) is 0.544. The highest BCUT2D eigenvalue weighted by molar-refractivity contribution is 6.30. The van der Waals surface area contributed by atoms with Crippen molar-refractivity contribution in [3.05, 3.63) is 60.0 Å². The number of hydrogen-bond donors (Lipinski definition) is 1. The van der Waals surface area contributed by atoms with Gasteiger partial charge in [0, 0.05) is 50.4 Å². The lowest BCUT2D eigenvalue weighted by atomic mass is 10.2. The van der Waals surface area contributed by atoms with Crippen LogP contribution in [-0.2, 0) is 19.6 Å². The lowest BCUT2D eigenvalue weighted by molar-refractivity contribution is -0.384. The zero-order chi connectivity index (χ0) is 24.4. The number of H-pyrrole nitrogens is 1. The second kappa shape index (κ2) is 9.98. The average Bonchev–Trinajstić information content (AvgIpc) is 3.18. The van der Waals surface area contributed by atoms with Crippen LogP contribution in [0.3, 0.4) is 0 Å². The van der Waals surface area contributed by atoms with E-state index in [9.17, 15) is 19.7 Å². The van der Waals surface area contributed by atoms with Crippen molar-refractivity contribution in [1.82, 2.24) is 24.0 Å². The molecule has 0 bridgehead atoms. The van der Waals surface area contributed by atoms with E-state index in [4.69, 9.17) is 16.6 Å². The lowest BCUT2D eigenvalue weighted by Gasteiger charge is -2.35. The minimum absolute atomic E-state index is 0.00185. The van der Waals surface area contributed by atoms with Crippen molar-refractivity contribution < 1.29 is 4.92 Å². The number of unbranched alkanes of at least 4 members (excludes halogenated alkanes) is 1. The largest absolute Gasteiger partial charge is 0.363 e. The molecule has 1 aromatic carbocycles. The van der Waals surface area contributed by atoms with E-state index in [1.54, 1.807) is 16.7 Å². The third-order valence-corrected chi connectivity index (χ3v) is 6.46. The number of rotatable bonds is 8. The van der Waals surface area contributed by atoms with E-state index in [1.807, 2.05) is 23.3 Å². The van der Waals surface area contributed by atoms with Crippen LogP contribution >= 0.6 is 11.6 Å². The Balaban J connectivity index is 1.57. The maximum atomic E-state index is 12.6. The predicted octanol–water partition coefficient (Wildman–Crippen LogP) is 2.59. The monoisotopic (exact) mass is 489 g/mol. The van der Waals surface area contributed by atoms with Crippen LogP contribution in [0.2, 0.25) is 5.02 Å².